The summed E-state index contributed by atoms with van der Waals surface area (Å²) in [5.74, 6) is 6.58. The number of aromatic amines is 1. The Bertz CT molecular complexity index is 578. The van der Waals surface area contributed by atoms with Gasteiger partial charge >= 0.3 is 0 Å². The number of nitrogens with one attached hydrogen (secondary N) is 2. The molecule has 1 unspecified atom stereocenters. The molecule has 0 bridgehead atoms. The van der Waals surface area contributed by atoms with E-state index in [1.54, 1.807) is 6.20 Å². The van der Waals surface area contributed by atoms with Gasteiger partial charge in [-0.25, -0.2) is 5.84 Å². The summed E-state index contributed by atoms with van der Waals surface area (Å²) in [5, 5.41) is 7.73. The minimum atomic E-state index is 0.250. The summed E-state index contributed by atoms with van der Waals surface area (Å²) in [6, 6.07) is 0. The van der Waals surface area contributed by atoms with Gasteiger partial charge in [-0.1, -0.05) is 0 Å². The van der Waals surface area contributed by atoms with Crippen LogP contribution in [0.15, 0.2) is 6.20 Å². The molecule has 2 aromatic heterocycles. The van der Waals surface area contributed by atoms with Crippen LogP contribution in [0.3, 0.4) is 0 Å². The Labute approximate surface area is 116 Å². The lowest BCUT2D eigenvalue weighted by atomic mass is 10.1. The predicted molar refractivity (Wildman–Crippen MR) is 76.4 cm³/mol. The molecule has 1 aliphatic heterocycles. The van der Waals surface area contributed by atoms with Crippen LogP contribution in [0, 0.1) is 0 Å². The summed E-state index contributed by atoms with van der Waals surface area (Å²) in [7, 11) is 1.99. The van der Waals surface area contributed by atoms with Gasteiger partial charge in [0.2, 0.25) is 5.95 Å². The molecule has 4 N–H and O–H groups in total. The number of nitrogens with two attached hydrogens (primary N) is 1. The van der Waals surface area contributed by atoms with E-state index in [-0.39, 0.29) is 6.10 Å². The van der Waals surface area contributed by atoms with E-state index in [0.717, 1.165) is 37.2 Å². The summed E-state index contributed by atoms with van der Waals surface area (Å²) in [4.78, 5) is 10.7. The second-order valence-electron chi connectivity index (χ2n) is 5.02. The van der Waals surface area contributed by atoms with Crippen molar-refractivity contribution in [3.63, 3.8) is 0 Å². The number of hydrazine groups is 1. The van der Waals surface area contributed by atoms with Crippen LogP contribution < -0.4 is 16.2 Å². The maximum absolute atomic E-state index is 5.77. The van der Waals surface area contributed by atoms with E-state index in [0.29, 0.717) is 11.6 Å². The zero-order valence-corrected chi connectivity index (χ0v) is 11.5. The van der Waals surface area contributed by atoms with Crippen LogP contribution in [0.4, 0.5) is 11.8 Å². The number of nitrogen functional groups attached to an aromatic ring is 1. The third-order valence-electron chi connectivity index (χ3n) is 3.53. The van der Waals surface area contributed by atoms with Gasteiger partial charge in [0.15, 0.2) is 5.65 Å². The van der Waals surface area contributed by atoms with E-state index < -0.39 is 0 Å². The zero-order chi connectivity index (χ0) is 13.9. The normalized spacial score (nSPS) is 19.2. The first-order valence-electron chi connectivity index (χ1n) is 6.78. The van der Waals surface area contributed by atoms with Crippen LogP contribution in [0.2, 0.25) is 0 Å². The fourth-order valence-electron chi connectivity index (χ4n) is 2.52. The third kappa shape index (κ3) is 2.52. The molecule has 0 spiro atoms. The highest BCUT2D eigenvalue weighted by molar-refractivity contribution is 5.87. The lowest BCUT2D eigenvalue weighted by Gasteiger charge is -2.28. The first-order chi connectivity index (χ1) is 9.78. The van der Waals surface area contributed by atoms with Gasteiger partial charge in [-0.2, -0.15) is 15.1 Å². The summed E-state index contributed by atoms with van der Waals surface area (Å²) < 4.78 is 5.77. The van der Waals surface area contributed by atoms with Crippen LogP contribution in [-0.4, -0.2) is 46.5 Å². The number of hydrogen-bond donors (Lipinski definition) is 3. The van der Waals surface area contributed by atoms with Crippen LogP contribution in [0.25, 0.3) is 11.0 Å². The molecule has 1 saturated heterocycles. The lowest BCUT2D eigenvalue weighted by molar-refractivity contribution is 0.0215. The van der Waals surface area contributed by atoms with Gasteiger partial charge in [-0.15, -0.1) is 0 Å². The van der Waals surface area contributed by atoms with Crippen molar-refractivity contribution in [3.05, 3.63) is 6.20 Å². The zero-order valence-electron chi connectivity index (χ0n) is 11.5. The average molecular weight is 277 g/mol. The minimum absolute atomic E-state index is 0.250. The van der Waals surface area contributed by atoms with Crippen molar-refractivity contribution in [1.29, 1.82) is 0 Å². The molecule has 20 heavy (non-hydrogen) atoms. The number of fused-ring (bicyclic) bond motifs is 1. The molecule has 0 aromatic carbocycles. The van der Waals surface area contributed by atoms with E-state index in [9.17, 15) is 0 Å². The number of hydrogen-bond acceptors (Lipinski definition) is 7. The van der Waals surface area contributed by atoms with Gasteiger partial charge in [0.1, 0.15) is 5.82 Å². The van der Waals surface area contributed by atoms with Gasteiger partial charge < -0.3 is 9.64 Å². The van der Waals surface area contributed by atoms with Crippen molar-refractivity contribution < 1.29 is 4.74 Å². The van der Waals surface area contributed by atoms with E-state index >= 15 is 0 Å². The van der Waals surface area contributed by atoms with Gasteiger partial charge in [-0.05, 0) is 19.3 Å². The molecule has 1 fully saturated rings. The number of anilines is 2. The van der Waals surface area contributed by atoms with Crippen molar-refractivity contribution in [2.45, 2.75) is 25.4 Å². The number of aromatic nitrogens is 4. The minimum Gasteiger partial charge on any atom is -0.376 e. The summed E-state index contributed by atoms with van der Waals surface area (Å²) in [6.07, 6.45) is 5.44. The standard InChI is InChI=1S/C12H19N7O/c1-19(7-8-4-2-3-5-20-8)11-9-6-14-18-10(9)15-12(16-11)17-13/h6,8H,2-5,7,13H2,1H3,(H2,14,15,16,17,18). The molecule has 8 heteroatoms. The van der Waals surface area contributed by atoms with Crippen molar-refractivity contribution in [2.75, 3.05) is 30.5 Å². The van der Waals surface area contributed by atoms with Gasteiger partial charge in [0.05, 0.1) is 17.7 Å². The monoisotopic (exact) mass is 277 g/mol. The molecular weight excluding hydrogens is 258 g/mol. The number of H-pyrrole nitrogens is 1. The van der Waals surface area contributed by atoms with Gasteiger partial charge in [0.25, 0.3) is 0 Å². The number of nitrogens with zero attached hydrogens (tertiary/aromatic N) is 4. The first-order valence-corrected chi connectivity index (χ1v) is 6.78. The molecular formula is C12H19N7O. The molecule has 0 saturated carbocycles. The molecule has 108 valence electrons. The molecule has 0 radical (unpaired) electrons. The summed E-state index contributed by atoms with van der Waals surface area (Å²) >= 11 is 0. The Balaban J connectivity index is 1.85. The Kier molecular flexibility index (Phi) is 3.66. The highest BCUT2D eigenvalue weighted by atomic mass is 16.5. The maximum Gasteiger partial charge on any atom is 0.241 e. The SMILES string of the molecule is CN(CC1CCCCO1)c1nc(NN)nc2[nH]ncc12. The Morgan fingerprint density at radius 1 is 1.50 bits per heavy atom. The van der Waals surface area contributed by atoms with Crippen LogP contribution in [-0.2, 0) is 4.74 Å². The van der Waals surface area contributed by atoms with Crippen LogP contribution in [0.5, 0.6) is 0 Å². The molecule has 0 aliphatic carbocycles. The summed E-state index contributed by atoms with van der Waals surface area (Å²) in [5.41, 5.74) is 3.15. The van der Waals surface area contributed by atoms with Crippen molar-refractivity contribution in [2.24, 2.45) is 5.84 Å². The second kappa shape index (κ2) is 5.59. The fourth-order valence-corrected chi connectivity index (χ4v) is 2.52. The molecule has 1 atom stereocenters. The average Bonchev–Trinajstić information content (AvgIpc) is 2.95. The second-order valence-corrected chi connectivity index (χ2v) is 5.02. The van der Waals surface area contributed by atoms with Crippen LogP contribution >= 0.6 is 0 Å². The van der Waals surface area contributed by atoms with Crippen molar-refractivity contribution in [1.82, 2.24) is 20.2 Å². The Morgan fingerprint density at radius 2 is 2.40 bits per heavy atom. The lowest BCUT2D eigenvalue weighted by Crippen LogP contribution is -2.34. The third-order valence-corrected chi connectivity index (χ3v) is 3.53. The van der Waals surface area contributed by atoms with Crippen molar-refractivity contribution >= 4 is 22.8 Å². The smallest absolute Gasteiger partial charge is 0.241 e. The molecule has 0 amide bonds. The molecule has 2 aromatic rings. The summed E-state index contributed by atoms with van der Waals surface area (Å²) in [6.45, 7) is 1.64. The highest BCUT2D eigenvalue weighted by Crippen LogP contribution is 2.24. The van der Waals surface area contributed by atoms with Gasteiger partial charge in [-0.3, -0.25) is 10.5 Å². The molecule has 8 nitrogen and oxygen atoms in total. The van der Waals surface area contributed by atoms with E-state index in [4.69, 9.17) is 10.6 Å². The molecule has 3 rings (SSSR count). The molecule has 3 heterocycles. The van der Waals surface area contributed by atoms with Crippen molar-refractivity contribution in [3.8, 4) is 0 Å². The van der Waals surface area contributed by atoms with E-state index in [1.807, 2.05) is 7.05 Å². The quantitative estimate of drug-likeness (QED) is 0.556. The topological polar surface area (TPSA) is 105 Å². The number of rotatable bonds is 4. The fraction of sp³-hybridized carbons (Fsp3) is 0.583. The number of likely N-dealkylation sites (N-methyl/N-ethyl adjacent to an activating group) is 1. The largest absolute Gasteiger partial charge is 0.376 e. The first kappa shape index (κ1) is 13.1. The highest BCUT2D eigenvalue weighted by Gasteiger charge is 2.19. The van der Waals surface area contributed by atoms with E-state index in [2.05, 4.69) is 30.5 Å². The van der Waals surface area contributed by atoms with Crippen LogP contribution in [0.1, 0.15) is 19.3 Å². The maximum atomic E-state index is 5.77. The Morgan fingerprint density at radius 3 is 3.15 bits per heavy atom. The number of ether oxygens (including phenoxy) is 1. The molecule has 1 aliphatic rings. The van der Waals surface area contributed by atoms with E-state index in [1.165, 1.54) is 6.42 Å². The predicted octanol–water partition coefficient (Wildman–Crippen LogP) is 0.644. The van der Waals surface area contributed by atoms with Gasteiger partial charge in [0, 0.05) is 20.2 Å². The Hall–Kier alpha value is -1.93.